The summed E-state index contributed by atoms with van der Waals surface area (Å²) in [7, 11) is 0. The van der Waals surface area contributed by atoms with Crippen LogP contribution in [0.5, 0.6) is 0 Å². The topological polar surface area (TPSA) is 38.9 Å². The molecule has 18 heavy (non-hydrogen) atoms. The van der Waals surface area contributed by atoms with E-state index in [1.54, 1.807) is 0 Å². The molecule has 0 aliphatic heterocycles. The van der Waals surface area contributed by atoms with Gasteiger partial charge in [0.05, 0.1) is 16.6 Å². The fraction of sp³-hybridized carbons (Fsp3) is 0.600. The van der Waals surface area contributed by atoms with E-state index in [0.29, 0.717) is 4.99 Å². The third-order valence-corrected chi connectivity index (χ3v) is 4.56. The number of thiocarbonyl (C=S) groups is 1. The van der Waals surface area contributed by atoms with Gasteiger partial charge < -0.3 is 5.73 Å². The molecule has 0 bridgehead atoms. The van der Waals surface area contributed by atoms with Gasteiger partial charge in [-0.15, -0.1) is 0 Å². The highest BCUT2D eigenvalue weighted by molar-refractivity contribution is 7.80. The molecule has 2 nitrogen and oxygen atoms in total. The molecular weight excluding hydrogens is 240 g/mol. The van der Waals surface area contributed by atoms with Crippen LogP contribution >= 0.6 is 12.2 Å². The summed E-state index contributed by atoms with van der Waals surface area (Å²) in [5.74, 6) is 0.220. The molecule has 1 heterocycles. The summed E-state index contributed by atoms with van der Waals surface area (Å²) in [6.07, 6.45) is 9.67. The maximum Gasteiger partial charge on any atom is 0.0819 e. The van der Waals surface area contributed by atoms with Crippen LogP contribution in [0.25, 0.3) is 0 Å². The monoisotopic (exact) mass is 260 g/mol. The number of aromatic nitrogens is 1. The molecule has 1 aromatic rings. The van der Waals surface area contributed by atoms with E-state index in [0.717, 1.165) is 19.3 Å². The van der Waals surface area contributed by atoms with Gasteiger partial charge >= 0.3 is 0 Å². The number of fused-ring (bicyclic) bond motifs is 2. The number of hydrogen-bond acceptors (Lipinski definition) is 2. The van der Waals surface area contributed by atoms with Crippen molar-refractivity contribution in [3.8, 4) is 0 Å². The molecule has 0 fully saturated rings. The van der Waals surface area contributed by atoms with Crippen molar-refractivity contribution in [1.82, 2.24) is 4.98 Å². The van der Waals surface area contributed by atoms with Gasteiger partial charge in [-0.25, -0.2) is 0 Å². The van der Waals surface area contributed by atoms with E-state index in [9.17, 15) is 0 Å². The molecular formula is C15H20N2S. The summed E-state index contributed by atoms with van der Waals surface area (Å²) < 4.78 is 0. The number of hydrogen-bond donors (Lipinski definition) is 1. The molecule has 2 N–H and O–H groups in total. The fourth-order valence-corrected chi connectivity index (χ4v) is 3.52. The molecule has 2 aliphatic rings. The van der Waals surface area contributed by atoms with Gasteiger partial charge in [0.1, 0.15) is 0 Å². The van der Waals surface area contributed by atoms with E-state index >= 15 is 0 Å². The van der Waals surface area contributed by atoms with Crippen LogP contribution in [0.4, 0.5) is 0 Å². The Morgan fingerprint density at radius 2 is 1.89 bits per heavy atom. The second-order valence-corrected chi connectivity index (χ2v) is 6.02. The van der Waals surface area contributed by atoms with Crippen molar-refractivity contribution in [3.63, 3.8) is 0 Å². The average Bonchev–Trinajstić information content (AvgIpc) is 2.59. The Kier molecular flexibility index (Phi) is 3.33. The van der Waals surface area contributed by atoms with Crippen molar-refractivity contribution in [3.05, 3.63) is 28.6 Å². The minimum atomic E-state index is 0.220. The first kappa shape index (κ1) is 12.1. The molecule has 3 rings (SSSR count). The fourth-order valence-electron chi connectivity index (χ4n) is 3.29. The van der Waals surface area contributed by atoms with Crippen molar-refractivity contribution < 1.29 is 0 Å². The Morgan fingerprint density at radius 1 is 1.11 bits per heavy atom. The average molecular weight is 260 g/mol. The van der Waals surface area contributed by atoms with Crippen LogP contribution < -0.4 is 5.73 Å². The first-order chi connectivity index (χ1) is 8.75. The molecule has 0 radical (unpaired) electrons. The molecule has 0 spiro atoms. The Bertz CT molecular complexity index is 482. The summed E-state index contributed by atoms with van der Waals surface area (Å²) in [4.78, 5) is 5.57. The van der Waals surface area contributed by atoms with Crippen LogP contribution in [-0.2, 0) is 19.3 Å². The highest BCUT2D eigenvalue weighted by Crippen LogP contribution is 2.33. The van der Waals surface area contributed by atoms with Crippen LogP contribution in [0.2, 0.25) is 0 Å². The van der Waals surface area contributed by atoms with E-state index in [2.05, 4.69) is 6.07 Å². The largest absolute Gasteiger partial charge is 0.393 e. The summed E-state index contributed by atoms with van der Waals surface area (Å²) in [5.41, 5.74) is 11.3. The quantitative estimate of drug-likeness (QED) is 0.623. The minimum absolute atomic E-state index is 0.220. The Hall–Kier alpha value is -0.960. The zero-order valence-corrected chi connectivity index (χ0v) is 11.6. The lowest BCUT2D eigenvalue weighted by molar-refractivity contribution is 0.627. The Balaban J connectivity index is 2.05. The van der Waals surface area contributed by atoms with Gasteiger partial charge in [0.2, 0.25) is 0 Å². The van der Waals surface area contributed by atoms with E-state index in [1.165, 1.54) is 54.6 Å². The number of aryl methyl sites for hydroxylation is 3. The predicted octanol–water partition coefficient (Wildman–Crippen LogP) is 3.06. The van der Waals surface area contributed by atoms with Gasteiger partial charge in [-0.2, -0.15) is 0 Å². The molecule has 0 saturated carbocycles. The minimum Gasteiger partial charge on any atom is -0.393 e. The maximum atomic E-state index is 5.88. The molecule has 1 aromatic heterocycles. The molecule has 0 amide bonds. The second kappa shape index (κ2) is 4.96. The molecule has 0 aromatic carbocycles. The molecule has 96 valence electrons. The third-order valence-electron chi connectivity index (χ3n) is 4.28. The molecule has 2 aliphatic carbocycles. The summed E-state index contributed by atoms with van der Waals surface area (Å²) >= 11 is 5.21. The molecule has 0 saturated heterocycles. The summed E-state index contributed by atoms with van der Waals surface area (Å²) in [6.45, 7) is 0. The first-order valence-corrected chi connectivity index (χ1v) is 7.47. The van der Waals surface area contributed by atoms with Gasteiger partial charge in [0.15, 0.2) is 0 Å². The molecule has 0 unspecified atom stereocenters. The summed E-state index contributed by atoms with van der Waals surface area (Å²) in [6, 6.07) is 2.40. The van der Waals surface area contributed by atoms with Crippen LogP contribution in [0.15, 0.2) is 6.07 Å². The van der Waals surface area contributed by atoms with Gasteiger partial charge in [0.25, 0.3) is 0 Å². The SMILES string of the molecule is NC(=S)[C@H]1CCCc2cc3c(nc21)CCCCC3. The van der Waals surface area contributed by atoms with Crippen LogP contribution in [0, 0.1) is 0 Å². The number of nitrogens with two attached hydrogens (primary N) is 1. The number of nitrogens with zero attached hydrogens (tertiary/aromatic N) is 1. The second-order valence-electron chi connectivity index (χ2n) is 5.55. The molecule has 1 atom stereocenters. The van der Waals surface area contributed by atoms with Crippen molar-refractivity contribution in [2.75, 3.05) is 0 Å². The number of rotatable bonds is 1. The van der Waals surface area contributed by atoms with E-state index in [-0.39, 0.29) is 5.92 Å². The van der Waals surface area contributed by atoms with Crippen molar-refractivity contribution >= 4 is 17.2 Å². The zero-order chi connectivity index (χ0) is 12.5. The zero-order valence-electron chi connectivity index (χ0n) is 10.7. The highest BCUT2D eigenvalue weighted by Gasteiger charge is 2.25. The summed E-state index contributed by atoms with van der Waals surface area (Å²) in [5, 5.41) is 0. The van der Waals surface area contributed by atoms with E-state index < -0.39 is 0 Å². The lowest BCUT2D eigenvalue weighted by atomic mass is 9.85. The van der Waals surface area contributed by atoms with E-state index in [1.807, 2.05) is 0 Å². The Morgan fingerprint density at radius 3 is 2.72 bits per heavy atom. The van der Waals surface area contributed by atoms with Gasteiger partial charge in [-0.3, -0.25) is 4.98 Å². The van der Waals surface area contributed by atoms with Crippen molar-refractivity contribution in [1.29, 1.82) is 0 Å². The van der Waals surface area contributed by atoms with Crippen molar-refractivity contribution in [2.24, 2.45) is 5.73 Å². The lowest BCUT2D eigenvalue weighted by Gasteiger charge is -2.25. The number of pyridine rings is 1. The third kappa shape index (κ3) is 2.16. The van der Waals surface area contributed by atoms with Crippen LogP contribution in [0.1, 0.15) is 60.5 Å². The maximum absolute atomic E-state index is 5.88. The highest BCUT2D eigenvalue weighted by atomic mass is 32.1. The van der Waals surface area contributed by atoms with Crippen LogP contribution in [0.3, 0.4) is 0 Å². The van der Waals surface area contributed by atoms with Gasteiger partial charge in [0, 0.05) is 5.69 Å². The van der Waals surface area contributed by atoms with Gasteiger partial charge in [-0.05, 0) is 56.1 Å². The predicted molar refractivity (Wildman–Crippen MR) is 78.0 cm³/mol. The lowest BCUT2D eigenvalue weighted by Crippen LogP contribution is -2.25. The van der Waals surface area contributed by atoms with Crippen molar-refractivity contribution in [2.45, 2.75) is 57.3 Å². The van der Waals surface area contributed by atoms with E-state index in [4.69, 9.17) is 22.9 Å². The smallest absolute Gasteiger partial charge is 0.0819 e. The van der Waals surface area contributed by atoms with Crippen LogP contribution in [-0.4, -0.2) is 9.97 Å². The normalized spacial score (nSPS) is 22.8. The first-order valence-electron chi connectivity index (χ1n) is 7.06. The standard InChI is InChI=1S/C15H20N2S/c16-15(18)12-7-4-6-11-9-10-5-2-1-3-8-13(10)17-14(11)12/h9,12H,1-8H2,(H2,16,18)/t12-/m0/s1. The van der Waals surface area contributed by atoms with Gasteiger partial charge in [-0.1, -0.05) is 24.7 Å². The molecule has 3 heteroatoms. The Labute approximate surface area is 114 Å².